The summed E-state index contributed by atoms with van der Waals surface area (Å²) in [5.74, 6) is 0.0243. The molecule has 1 amide bonds. The first-order valence-electron chi connectivity index (χ1n) is 9.47. The van der Waals surface area contributed by atoms with Crippen LogP contribution < -0.4 is 10.1 Å². The van der Waals surface area contributed by atoms with Crippen LogP contribution in [0.2, 0.25) is 5.02 Å². The number of esters is 1. The lowest BCUT2D eigenvalue weighted by atomic mass is 10.1. The van der Waals surface area contributed by atoms with Crippen LogP contribution in [0.4, 0.5) is 0 Å². The van der Waals surface area contributed by atoms with Gasteiger partial charge in [0.2, 0.25) is 5.91 Å². The van der Waals surface area contributed by atoms with E-state index < -0.39 is 11.6 Å². The molecule has 0 aromatic heterocycles. The zero-order chi connectivity index (χ0) is 21.3. The molecular weight excluding hydrogens is 390 g/mol. The molecule has 2 aromatic carbocycles. The molecule has 29 heavy (non-hydrogen) atoms. The SMILES string of the molecule is CCOC(=O)C(C)(C)Oc1ccc(CCNC(=O)C=Cc2ccc(Cl)cc2)cc1. The van der Waals surface area contributed by atoms with Gasteiger partial charge in [-0.1, -0.05) is 35.9 Å². The minimum Gasteiger partial charge on any atom is -0.476 e. The van der Waals surface area contributed by atoms with Crippen LogP contribution >= 0.6 is 11.6 Å². The number of benzene rings is 2. The van der Waals surface area contributed by atoms with Gasteiger partial charge < -0.3 is 14.8 Å². The molecule has 5 nitrogen and oxygen atoms in total. The predicted molar refractivity (Wildman–Crippen MR) is 115 cm³/mol. The van der Waals surface area contributed by atoms with Crippen LogP contribution in [0.15, 0.2) is 54.6 Å². The molecule has 2 aromatic rings. The van der Waals surface area contributed by atoms with Crippen molar-refractivity contribution in [3.05, 3.63) is 70.8 Å². The van der Waals surface area contributed by atoms with Crippen molar-refractivity contribution in [2.75, 3.05) is 13.2 Å². The van der Waals surface area contributed by atoms with Gasteiger partial charge in [-0.15, -0.1) is 0 Å². The van der Waals surface area contributed by atoms with E-state index in [2.05, 4.69) is 5.32 Å². The van der Waals surface area contributed by atoms with Gasteiger partial charge in [0.15, 0.2) is 5.60 Å². The van der Waals surface area contributed by atoms with Crippen LogP contribution in [0.25, 0.3) is 6.08 Å². The van der Waals surface area contributed by atoms with Crippen molar-refractivity contribution in [3.63, 3.8) is 0 Å². The fourth-order valence-corrected chi connectivity index (χ4v) is 2.63. The second kappa shape index (κ2) is 10.7. The molecule has 0 bridgehead atoms. The summed E-state index contributed by atoms with van der Waals surface area (Å²) in [6.45, 7) is 5.93. The zero-order valence-electron chi connectivity index (χ0n) is 16.9. The van der Waals surface area contributed by atoms with Gasteiger partial charge in [0.1, 0.15) is 5.75 Å². The van der Waals surface area contributed by atoms with E-state index in [9.17, 15) is 9.59 Å². The monoisotopic (exact) mass is 415 g/mol. The van der Waals surface area contributed by atoms with E-state index >= 15 is 0 Å². The van der Waals surface area contributed by atoms with Crippen molar-refractivity contribution in [1.29, 1.82) is 0 Å². The minimum atomic E-state index is -1.05. The molecule has 0 atom stereocenters. The van der Waals surface area contributed by atoms with E-state index in [-0.39, 0.29) is 5.91 Å². The Balaban J connectivity index is 1.79. The number of rotatable bonds is 9. The van der Waals surface area contributed by atoms with Crippen molar-refractivity contribution in [1.82, 2.24) is 5.32 Å². The van der Waals surface area contributed by atoms with E-state index in [0.29, 0.717) is 30.3 Å². The predicted octanol–water partition coefficient (Wildman–Crippen LogP) is 4.43. The zero-order valence-corrected chi connectivity index (χ0v) is 17.7. The summed E-state index contributed by atoms with van der Waals surface area (Å²) in [5.41, 5.74) is 0.904. The fourth-order valence-electron chi connectivity index (χ4n) is 2.50. The first-order chi connectivity index (χ1) is 13.8. The van der Waals surface area contributed by atoms with Gasteiger partial charge >= 0.3 is 5.97 Å². The topological polar surface area (TPSA) is 64.6 Å². The third-order valence-corrected chi connectivity index (χ3v) is 4.33. The number of ether oxygens (including phenoxy) is 2. The van der Waals surface area contributed by atoms with Crippen molar-refractivity contribution >= 4 is 29.6 Å². The maximum atomic E-state index is 11.9. The van der Waals surface area contributed by atoms with Crippen molar-refractivity contribution < 1.29 is 19.1 Å². The molecule has 0 saturated heterocycles. The molecule has 0 radical (unpaired) electrons. The van der Waals surface area contributed by atoms with Crippen LogP contribution in [-0.2, 0) is 20.7 Å². The molecule has 0 unspecified atom stereocenters. The minimum absolute atomic E-state index is 0.156. The highest BCUT2D eigenvalue weighted by atomic mass is 35.5. The van der Waals surface area contributed by atoms with Crippen LogP contribution in [0.5, 0.6) is 5.75 Å². The van der Waals surface area contributed by atoms with Gasteiger partial charge in [-0.3, -0.25) is 4.79 Å². The Morgan fingerprint density at radius 3 is 2.34 bits per heavy atom. The van der Waals surface area contributed by atoms with Gasteiger partial charge in [-0.05, 0) is 68.7 Å². The summed E-state index contributed by atoms with van der Waals surface area (Å²) in [5, 5.41) is 3.51. The third-order valence-electron chi connectivity index (χ3n) is 4.07. The Morgan fingerprint density at radius 1 is 1.07 bits per heavy atom. The quantitative estimate of drug-likeness (QED) is 0.486. The molecule has 0 aliphatic carbocycles. The average molecular weight is 416 g/mol. The molecule has 0 fully saturated rings. The smallest absolute Gasteiger partial charge is 0.349 e. The second-order valence-corrected chi connectivity index (χ2v) is 7.34. The number of carbonyl (C=O) groups excluding carboxylic acids is 2. The molecule has 0 aliphatic heterocycles. The molecule has 0 aliphatic rings. The number of carbonyl (C=O) groups is 2. The molecule has 0 heterocycles. The number of nitrogens with one attached hydrogen (secondary N) is 1. The van der Waals surface area contributed by atoms with Gasteiger partial charge in [0, 0.05) is 17.6 Å². The van der Waals surface area contributed by atoms with Crippen LogP contribution in [0, 0.1) is 0 Å². The second-order valence-electron chi connectivity index (χ2n) is 6.90. The first kappa shape index (κ1) is 22.5. The van der Waals surface area contributed by atoms with Gasteiger partial charge in [-0.25, -0.2) is 4.79 Å². The normalized spacial score (nSPS) is 11.3. The molecule has 0 spiro atoms. The lowest BCUT2D eigenvalue weighted by Gasteiger charge is -2.24. The first-order valence-corrected chi connectivity index (χ1v) is 9.84. The van der Waals surface area contributed by atoms with Crippen LogP contribution in [-0.4, -0.2) is 30.6 Å². The summed E-state index contributed by atoms with van der Waals surface area (Å²) in [6, 6.07) is 14.7. The van der Waals surface area contributed by atoms with Crippen LogP contribution in [0.1, 0.15) is 31.9 Å². The van der Waals surface area contributed by atoms with Gasteiger partial charge in [0.25, 0.3) is 0 Å². The summed E-state index contributed by atoms with van der Waals surface area (Å²) in [7, 11) is 0. The fraction of sp³-hybridized carbons (Fsp3) is 0.304. The van der Waals surface area contributed by atoms with E-state index in [1.807, 2.05) is 24.3 Å². The highest BCUT2D eigenvalue weighted by Gasteiger charge is 2.31. The highest BCUT2D eigenvalue weighted by molar-refractivity contribution is 6.30. The third kappa shape index (κ3) is 7.62. The van der Waals surface area contributed by atoms with Gasteiger partial charge in [0.05, 0.1) is 6.61 Å². The number of hydrogen-bond acceptors (Lipinski definition) is 4. The molecule has 1 N–H and O–H groups in total. The number of halogens is 1. The van der Waals surface area contributed by atoms with E-state index in [1.165, 1.54) is 6.08 Å². The Hall–Kier alpha value is -2.79. The number of hydrogen-bond donors (Lipinski definition) is 1. The standard InChI is InChI=1S/C23H26ClNO4/c1-4-28-22(27)23(2,3)29-20-12-7-18(8-13-20)15-16-25-21(26)14-9-17-5-10-19(24)11-6-17/h5-14H,4,15-16H2,1-3H3,(H,25,26). The summed E-state index contributed by atoms with van der Waals surface area (Å²) >= 11 is 5.84. The molecular formula is C23H26ClNO4. The maximum absolute atomic E-state index is 11.9. The van der Waals surface area contributed by atoms with Crippen LogP contribution in [0.3, 0.4) is 0 Å². The molecule has 0 saturated carbocycles. The van der Waals surface area contributed by atoms with Crippen molar-refractivity contribution in [2.45, 2.75) is 32.8 Å². The highest BCUT2D eigenvalue weighted by Crippen LogP contribution is 2.20. The average Bonchev–Trinajstić information content (AvgIpc) is 2.69. The van der Waals surface area contributed by atoms with Gasteiger partial charge in [-0.2, -0.15) is 0 Å². The molecule has 154 valence electrons. The van der Waals surface area contributed by atoms with E-state index in [1.54, 1.807) is 51.1 Å². The van der Waals surface area contributed by atoms with Crippen molar-refractivity contribution in [2.24, 2.45) is 0 Å². The summed E-state index contributed by atoms with van der Waals surface area (Å²) in [4.78, 5) is 23.8. The Labute approximate surface area is 176 Å². The molecule has 6 heteroatoms. The Bertz CT molecular complexity index is 842. The van der Waals surface area contributed by atoms with Crippen molar-refractivity contribution in [3.8, 4) is 5.75 Å². The largest absolute Gasteiger partial charge is 0.476 e. The number of amides is 1. The Kier molecular flexibility index (Phi) is 8.28. The lowest BCUT2D eigenvalue weighted by molar-refractivity contribution is -0.158. The summed E-state index contributed by atoms with van der Waals surface area (Å²) < 4.78 is 10.7. The van der Waals surface area contributed by atoms with E-state index in [4.69, 9.17) is 21.1 Å². The maximum Gasteiger partial charge on any atom is 0.349 e. The Morgan fingerprint density at radius 2 is 1.72 bits per heavy atom. The van der Waals surface area contributed by atoms with E-state index in [0.717, 1.165) is 11.1 Å². The lowest BCUT2D eigenvalue weighted by Crippen LogP contribution is -2.39. The molecule has 2 rings (SSSR count). The summed E-state index contributed by atoms with van der Waals surface area (Å²) in [6.07, 6.45) is 3.92.